The molecule has 1 aromatic rings. The van der Waals surface area contributed by atoms with Crippen molar-refractivity contribution in [3.63, 3.8) is 0 Å². The summed E-state index contributed by atoms with van der Waals surface area (Å²) in [4.78, 5) is 11.5. The van der Waals surface area contributed by atoms with Crippen molar-refractivity contribution >= 4 is 5.91 Å². The van der Waals surface area contributed by atoms with E-state index in [1.165, 1.54) is 0 Å². The van der Waals surface area contributed by atoms with Crippen molar-refractivity contribution in [2.45, 2.75) is 6.92 Å². The summed E-state index contributed by atoms with van der Waals surface area (Å²) in [6.45, 7) is 6.31. The molecule has 0 aliphatic carbocycles. The lowest BCUT2D eigenvalue weighted by Gasteiger charge is -2.07. The molecule has 1 N–H and O–H groups in total. The number of benzene rings is 1. The van der Waals surface area contributed by atoms with Gasteiger partial charge in [0.15, 0.2) is 0 Å². The van der Waals surface area contributed by atoms with Crippen LogP contribution in [0.5, 0.6) is 0 Å². The normalized spacial score (nSPS) is 11.8. The van der Waals surface area contributed by atoms with Crippen LogP contribution in [0, 0.1) is 5.92 Å². The van der Waals surface area contributed by atoms with Gasteiger partial charge in [-0.25, -0.2) is 0 Å². The Morgan fingerprint density at radius 3 is 2.71 bits per heavy atom. The van der Waals surface area contributed by atoms with Crippen LogP contribution in [0.25, 0.3) is 0 Å². The van der Waals surface area contributed by atoms with Gasteiger partial charge in [-0.05, 0) is 18.1 Å². The largest absolute Gasteiger partial charge is 0.351 e. The van der Waals surface area contributed by atoms with Gasteiger partial charge in [-0.3, -0.25) is 4.79 Å². The molecular formula is C12H15NO. The second-order valence-electron chi connectivity index (χ2n) is 3.29. The van der Waals surface area contributed by atoms with Gasteiger partial charge >= 0.3 is 0 Å². The first-order valence-electron chi connectivity index (χ1n) is 4.70. The Labute approximate surface area is 84.6 Å². The topological polar surface area (TPSA) is 29.1 Å². The highest BCUT2D eigenvalue weighted by Crippen LogP contribution is 1.99. The second kappa shape index (κ2) is 5.22. The van der Waals surface area contributed by atoms with Gasteiger partial charge in [0.25, 0.3) is 5.91 Å². The lowest BCUT2D eigenvalue weighted by molar-refractivity contribution is 0.0950. The van der Waals surface area contributed by atoms with E-state index < -0.39 is 0 Å². The molecule has 0 saturated carbocycles. The molecule has 0 bridgehead atoms. The van der Waals surface area contributed by atoms with E-state index in [4.69, 9.17) is 0 Å². The molecule has 0 aliphatic rings. The average Bonchev–Trinajstić information content (AvgIpc) is 2.26. The van der Waals surface area contributed by atoms with Crippen molar-refractivity contribution in [3.8, 4) is 0 Å². The highest BCUT2D eigenvalue weighted by Gasteiger charge is 2.04. The number of hydrogen-bond donors (Lipinski definition) is 1. The van der Waals surface area contributed by atoms with Crippen LogP contribution < -0.4 is 5.32 Å². The van der Waals surface area contributed by atoms with Crippen molar-refractivity contribution < 1.29 is 4.79 Å². The first kappa shape index (κ1) is 10.5. The molecule has 0 fully saturated rings. The molecular weight excluding hydrogens is 174 g/mol. The monoisotopic (exact) mass is 189 g/mol. The van der Waals surface area contributed by atoms with Gasteiger partial charge in [0.1, 0.15) is 0 Å². The summed E-state index contributed by atoms with van der Waals surface area (Å²) >= 11 is 0. The van der Waals surface area contributed by atoms with Crippen LogP contribution in [0.2, 0.25) is 0 Å². The molecule has 1 aromatic carbocycles. The van der Waals surface area contributed by atoms with Gasteiger partial charge in [0, 0.05) is 12.1 Å². The molecule has 2 heteroatoms. The second-order valence-corrected chi connectivity index (χ2v) is 3.29. The summed E-state index contributed by atoms with van der Waals surface area (Å²) in [5, 5.41) is 2.84. The van der Waals surface area contributed by atoms with Crippen LogP contribution in [0.15, 0.2) is 43.0 Å². The Morgan fingerprint density at radius 2 is 2.14 bits per heavy atom. The number of amides is 1. The molecule has 2 nitrogen and oxygen atoms in total. The number of nitrogens with one attached hydrogen (secondary N) is 1. The maximum Gasteiger partial charge on any atom is 0.251 e. The molecule has 0 heterocycles. The van der Waals surface area contributed by atoms with E-state index in [0.29, 0.717) is 18.0 Å². The number of carbonyl (C=O) groups is 1. The summed E-state index contributed by atoms with van der Waals surface area (Å²) in [6.07, 6.45) is 1.82. The summed E-state index contributed by atoms with van der Waals surface area (Å²) in [6, 6.07) is 9.20. The minimum Gasteiger partial charge on any atom is -0.351 e. The van der Waals surface area contributed by atoms with Gasteiger partial charge in [0.05, 0.1) is 0 Å². The molecule has 1 amide bonds. The van der Waals surface area contributed by atoms with E-state index in [1.807, 2.05) is 31.2 Å². The molecule has 1 rings (SSSR count). The van der Waals surface area contributed by atoms with Crippen LogP contribution in [0.1, 0.15) is 17.3 Å². The molecule has 0 aliphatic heterocycles. The smallest absolute Gasteiger partial charge is 0.251 e. The fourth-order valence-corrected chi connectivity index (χ4v) is 1.03. The number of hydrogen-bond acceptors (Lipinski definition) is 1. The average molecular weight is 189 g/mol. The van der Waals surface area contributed by atoms with Crippen LogP contribution in [-0.4, -0.2) is 12.5 Å². The van der Waals surface area contributed by atoms with E-state index in [2.05, 4.69) is 11.9 Å². The summed E-state index contributed by atoms with van der Waals surface area (Å²) in [7, 11) is 0. The first-order chi connectivity index (χ1) is 6.74. The molecule has 1 unspecified atom stereocenters. The van der Waals surface area contributed by atoms with Gasteiger partial charge in [0.2, 0.25) is 0 Å². The zero-order valence-electron chi connectivity index (χ0n) is 8.36. The summed E-state index contributed by atoms with van der Waals surface area (Å²) < 4.78 is 0. The van der Waals surface area contributed by atoms with E-state index in [-0.39, 0.29) is 5.91 Å². The number of carbonyl (C=O) groups excluding carboxylic acids is 1. The van der Waals surface area contributed by atoms with Crippen molar-refractivity contribution in [3.05, 3.63) is 48.6 Å². The minimum absolute atomic E-state index is 0.0284. The third-order valence-electron chi connectivity index (χ3n) is 2.02. The molecule has 14 heavy (non-hydrogen) atoms. The summed E-state index contributed by atoms with van der Waals surface area (Å²) in [5.41, 5.74) is 0.698. The highest BCUT2D eigenvalue weighted by molar-refractivity contribution is 5.94. The van der Waals surface area contributed by atoms with E-state index in [9.17, 15) is 4.79 Å². The molecule has 0 saturated heterocycles. The van der Waals surface area contributed by atoms with E-state index >= 15 is 0 Å². The summed E-state index contributed by atoms with van der Waals surface area (Å²) in [5.74, 6) is 0.280. The van der Waals surface area contributed by atoms with E-state index in [1.54, 1.807) is 12.1 Å². The Bertz CT molecular complexity index is 305. The zero-order valence-corrected chi connectivity index (χ0v) is 8.36. The van der Waals surface area contributed by atoms with Crippen molar-refractivity contribution in [1.29, 1.82) is 0 Å². The lowest BCUT2D eigenvalue weighted by atomic mass is 10.1. The quantitative estimate of drug-likeness (QED) is 0.723. The van der Waals surface area contributed by atoms with Crippen LogP contribution in [-0.2, 0) is 0 Å². The molecule has 0 spiro atoms. The van der Waals surface area contributed by atoms with Gasteiger partial charge in [-0.15, -0.1) is 6.58 Å². The maximum atomic E-state index is 11.5. The van der Waals surface area contributed by atoms with Gasteiger partial charge in [-0.2, -0.15) is 0 Å². The number of rotatable bonds is 4. The Balaban J connectivity index is 2.47. The van der Waals surface area contributed by atoms with E-state index in [0.717, 1.165) is 0 Å². The standard InChI is InChI=1S/C12H15NO/c1-3-10(2)9-13-12(14)11-7-5-4-6-8-11/h3-8,10H,1,9H2,2H3,(H,13,14). The SMILES string of the molecule is C=CC(C)CNC(=O)c1ccccc1. The van der Waals surface area contributed by atoms with Crippen molar-refractivity contribution in [1.82, 2.24) is 5.32 Å². The molecule has 0 aromatic heterocycles. The maximum absolute atomic E-state index is 11.5. The molecule has 1 atom stereocenters. The third-order valence-corrected chi connectivity index (χ3v) is 2.02. The van der Waals surface area contributed by atoms with Crippen LogP contribution in [0.4, 0.5) is 0 Å². The van der Waals surface area contributed by atoms with Gasteiger partial charge in [-0.1, -0.05) is 31.2 Å². The Morgan fingerprint density at radius 1 is 1.50 bits per heavy atom. The third kappa shape index (κ3) is 3.05. The zero-order chi connectivity index (χ0) is 10.4. The van der Waals surface area contributed by atoms with Crippen LogP contribution >= 0.6 is 0 Å². The highest BCUT2D eigenvalue weighted by atomic mass is 16.1. The van der Waals surface area contributed by atoms with Crippen LogP contribution in [0.3, 0.4) is 0 Å². The fraction of sp³-hybridized carbons (Fsp3) is 0.250. The first-order valence-corrected chi connectivity index (χ1v) is 4.70. The fourth-order valence-electron chi connectivity index (χ4n) is 1.03. The molecule has 0 radical (unpaired) electrons. The minimum atomic E-state index is -0.0284. The predicted molar refractivity (Wildman–Crippen MR) is 58.1 cm³/mol. The van der Waals surface area contributed by atoms with Crippen molar-refractivity contribution in [2.24, 2.45) is 5.92 Å². The van der Waals surface area contributed by atoms with Gasteiger partial charge < -0.3 is 5.32 Å². The van der Waals surface area contributed by atoms with Crippen molar-refractivity contribution in [2.75, 3.05) is 6.54 Å². The Hall–Kier alpha value is -1.57. The lowest BCUT2D eigenvalue weighted by Crippen LogP contribution is -2.27. The predicted octanol–water partition coefficient (Wildman–Crippen LogP) is 2.24. The Kier molecular flexibility index (Phi) is 3.92. The molecule has 74 valence electrons.